The second kappa shape index (κ2) is 4.30. The van der Waals surface area contributed by atoms with Gasteiger partial charge in [0, 0.05) is 12.1 Å². The van der Waals surface area contributed by atoms with E-state index in [1.165, 1.54) is 12.1 Å². The normalized spacial score (nSPS) is 10.6. The van der Waals surface area contributed by atoms with Gasteiger partial charge in [-0.1, -0.05) is 18.1 Å². The number of aromatic nitrogens is 2. The molecule has 0 aliphatic rings. The van der Waals surface area contributed by atoms with Gasteiger partial charge in [-0.25, -0.2) is 4.39 Å². The zero-order valence-electron chi connectivity index (χ0n) is 8.90. The minimum absolute atomic E-state index is 0.138. The number of hydrogen-bond acceptors (Lipinski definition) is 4. The Hall–Kier alpha value is -1.91. The lowest BCUT2D eigenvalue weighted by Crippen LogP contribution is -1.94. The summed E-state index contributed by atoms with van der Waals surface area (Å²) in [5.41, 5.74) is 6.14. The predicted octanol–water partition coefficient (Wildman–Crippen LogP) is 2.41. The number of nitrogen functional groups attached to an aromatic ring is 1. The van der Waals surface area contributed by atoms with Crippen LogP contribution in [0.25, 0.3) is 11.5 Å². The smallest absolute Gasteiger partial charge is 0.263 e. The van der Waals surface area contributed by atoms with Crippen molar-refractivity contribution in [3.63, 3.8) is 0 Å². The highest BCUT2D eigenvalue weighted by Gasteiger charge is 2.15. The highest BCUT2D eigenvalue weighted by atomic mass is 19.1. The molecule has 5 heteroatoms. The van der Waals surface area contributed by atoms with E-state index in [1.54, 1.807) is 6.07 Å². The summed E-state index contributed by atoms with van der Waals surface area (Å²) in [4.78, 5) is 4.09. The third-order valence-electron chi connectivity index (χ3n) is 2.20. The van der Waals surface area contributed by atoms with E-state index in [4.69, 9.17) is 10.3 Å². The molecule has 0 fully saturated rings. The number of benzene rings is 1. The van der Waals surface area contributed by atoms with E-state index in [0.717, 1.165) is 6.42 Å². The standard InChI is InChI=1S/C11H12FN3O/c1-2-4-9-14-11(16-15-9)10-7(12)5-3-6-8(10)13/h3,5-6H,2,4,13H2,1H3. The largest absolute Gasteiger partial charge is 0.398 e. The minimum Gasteiger partial charge on any atom is -0.398 e. The lowest BCUT2D eigenvalue weighted by molar-refractivity contribution is 0.420. The van der Waals surface area contributed by atoms with E-state index in [2.05, 4.69) is 10.1 Å². The second-order valence-corrected chi connectivity index (χ2v) is 3.47. The SMILES string of the molecule is CCCc1noc(-c2c(N)cccc2F)n1. The van der Waals surface area contributed by atoms with E-state index < -0.39 is 5.82 Å². The Labute approximate surface area is 92.3 Å². The molecule has 0 aliphatic carbocycles. The molecule has 0 aliphatic heterocycles. The first-order chi connectivity index (χ1) is 7.72. The molecule has 0 amide bonds. The number of nitrogens with zero attached hydrogens (tertiary/aromatic N) is 2. The Kier molecular flexibility index (Phi) is 2.85. The lowest BCUT2D eigenvalue weighted by atomic mass is 10.1. The quantitative estimate of drug-likeness (QED) is 0.808. The Morgan fingerprint density at radius 3 is 2.94 bits per heavy atom. The van der Waals surface area contributed by atoms with Crippen LogP contribution in [0.15, 0.2) is 22.7 Å². The fourth-order valence-corrected chi connectivity index (χ4v) is 1.45. The van der Waals surface area contributed by atoms with Crippen molar-refractivity contribution < 1.29 is 8.91 Å². The summed E-state index contributed by atoms with van der Waals surface area (Å²) in [6.45, 7) is 2.01. The van der Waals surface area contributed by atoms with Crippen LogP contribution >= 0.6 is 0 Å². The summed E-state index contributed by atoms with van der Waals surface area (Å²) in [6.07, 6.45) is 1.61. The molecule has 4 nitrogen and oxygen atoms in total. The third-order valence-corrected chi connectivity index (χ3v) is 2.20. The first-order valence-electron chi connectivity index (χ1n) is 5.09. The van der Waals surface area contributed by atoms with Gasteiger partial charge in [-0.3, -0.25) is 0 Å². The summed E-state index contributed by atoms with van der Waals surface area (Å²) in [6, 6.07) is 4.45. The van der Waals surface area contributed by atoms with Gasteiger partial charge >= 0.3 is 0 Å². The van der Waals surface area contributed by atoms with E-state index in [-0.39, 0.29) is 11.5 Å². The lowest BCUT2D eigenvalue weighted by Gasteiger charge is -2.00. The van der Waals surface area contributed by atoms with Crippen LogP contribution in [0.4, 0.5) is 10.1 Å². The maximum atomic E-state index is 13.5. The van der Waals surface area contributed by atoms with Crippen LogP contribution in [-0.2, 0) is 6.42 Å². The van der Waals surface area contributed by atoms with Gasteiger partial charge in [0.15, 0.2) is 5.82 Å². The Morgan fingerprint density at radius 2 is 2.25 bits per heavy atom. The molecule has 1 heterocycles. The summed E-state index contributed by atoms with van der Waals surface area (Å²) in [7, 11) is 0. The molecule has 0 spiro atoms. The molecule has 0 unspecified atom stereocenters. The average molecular weight is 221 g/mol. The van der Waals surface area contributed by atoms with Crippen molar-refractivity contribution in [1.82, 2.24) is 10.1 Å². The molecule has 2 aromatic rings. The predicted molar refractivity (Wildman–Crippen MR) is 58.1 cm³/mol. The van der Waals surface area contributed by atoms with E-state index in [1.807, 2.05) is 6.92 Å². The van der Waals surface area contributed by atoms with E-state index in [9.17, 15) is 4.39 Å². The summed E-state index contributed by atoms with van der Waals surface area (Å²) in [5, 5.41) is 3.76. The molecule has 2 rings (SSSR count). The van der Waals surface area contributed by atoms with Crippen molar-refractivity contribution in [3.8, 4) is 11.5 Å². The van der Waals surface area contributed by atoms with Gasteiger partial charge < -0.3 is 10.3 Å². The van der Waals surface area contributed by atoms with Crippen LogP contribution in [0.2, 0.25) is 0 Å². The van der Waals surface area contributed by atoms with Crippen molar-refractivity contribution >= 4 is 5.69 Å². The van der Waals surface area contributed by atoms with Crippen molar-refractivity contribution in [2.45, 2.75) is 19.8 Å². The van der Waals surface area contributed by atoms with Crippen molar-refractivity contribution in [2.75, 3.05) is 5.73 Å². The van der Waals surface area contributed by atoms with Crippen molar-refractivity contribution in [3.05, 3.63) is 29.8 Å². The molecular formula is C11H12FN3O. The topological polar surface area (TPSA) is 64.9 Å². The number of anilines is 1. The van der Waals surface area contributed by atoms with Crippen LogP contribution in [0.1, 0.15) is 19.2 Å². The maximum absolute atomic E-state index is 13.5. The Bertz CT molecular complexity index is 475. The summed E-state index contributed by atoms with van der Waals surface area (Å²) < 4.78 is 18.5. The Balaban J connectivity index is 2.42. The van der Waals surface area contributed by atoms with Crippen LogP contribution in [0.5, 0.6) is 0 Å². The number of aryl methyl sites for hydroxylation is 1. The number of halogens is 1. The van der Waals surface area contributed by atoms with Crippen molar-refractivity contribution in [1.29, 1.82) is 0 Å². The van der Waals surface area contributed by atoms with Gasteiger partial charge in [-0.2, -0.15) is 4.98 Å². The molecule has 16 heavy (non-hydrogen) atoms. The highest BCUT2D eigenvalue weighted by molar-refractivity contribution is 5.70. The van der Waals surface area contributed by atoms with Crippen molar-refractivity contribution in [2.24, 2.45) is 0 Å². The molecule has 1 aromatic carbocycles. The van der Waals surface area contributed by atoms with Gasteiger partial charge in [0.2, 0.25) is 0 Å². The first-order valence-corrected chi connectivity index (χ1v) is 5.09. The van der Waals surface area contributed by atoms with Gasteiger partial charge in [0.1, 0.15) is 5.82 Å². The van der Waals surface area contributed by atoms with E-state index in [0.29, 0.717) is 17.9 Å². The molecule has 84 valence electrons. The maximum Gasteiger partial charge on any atom is 0.263 e. The molecule has 0 saturated carbocycles. The van der Waals surface area contributed by atoms with Crippen LogP contribution in [-0.4, -0.2) is 10.1 Å². The molecule has 0 saturated heterocycles. The van der Waals surface area contributed by atoms with Crippen LogP contribution in [0.3, 0.4) is 0 Å². The molecule has 0 bridgehead atoms. The third kappa shape index (κ3) is 1.88. The molecule has 2 N–H and O–H groups in total. The molecule has 1 aromatic heterocycles. The molecular weight excluding hydrogens is 209 g/mol. The average Bonchev–Trinajstić information content (AvgIpc) is 2.67. The fraction of sp³-hybridized carbons (Fsp3) is 0.273. The first kappa shape index (κ1) is 10.6. The monoisotopic (exact) mass is 221 g/mol. The van der Waals surface area contributed by atoms with Crippen LogP contribution in [0, 0.1) is 5.82 Å². The van der Waals surface area contributed by atoms with Gasteiger partial charge in [-0.05, 0) is 18.6 Å². The molecule has 0 atom stereocenters. The summed E-state index contributed by atoms with van der Waals surface area (Å²) in [5.74, 6) is 0.255. The van der Waals surface area contributed by atoms with E-state index >= 15 is 0 Å². The van der Waals surface area contributed by atoms with Gasteiger partial charge in [-0.15, -0.1) is 0 Å². The second-order valence-electron chi connectivity index (χ2n) is 3.47. The minimum atomic E-state index is -0.452. The molecule has 0 radical (unpaired) electrons. The number of hydrogen-bond donors (Lipinski definition) is 1. The fourth-order valence-electron chi connectivity index (χ4n) is 1.45. The summed E-state index contributed by atoms with van der Waals surface area (Å²) >= 11 is 0. The number of rotatable bonds is 3. The van der Waals surface area contributed by atoms with Gasteiger partial charge in [0.05, 0.1) is 5.56 Å². The van der Waals surface area contributed by atoms with Crippen LogP contribution < -0.4 is 5.73 Å². The highest BCUT2D eigenvalue weighted by Crippen LogP contribution is 2.27. The zero-order valence-corrected chi connectivity index (χ0v) is 8.90. The zero-order chi connectivity index (χ0) is 11.5. The number of nitrogens with two attached hydrogens (primary N) is 1. The van der Waals surface area contributed by atoms with Gasteiger partial charge in [0.25, 0.3) is 5.89 Å². The Morgan fingerprint density at radius 1 is 1.44 bits per heavy atom.